The minimum Gasteiger partial charge on any atom is -0.296 e. The van der Waals surface area contributed by atoms with Gasteiger partial charge in [-0.3, -0.25) is 4.90 Å². The van der Waals surface area contributed by atoms with Crippen molar-refractivity contribution in [2.24, 2.45) is 0 Å². The quantitative estimate of drug-likeness (QED) is 0.615. The second-order valence-electron chi connectivity index (χ2n) is 3.95. The van der Waals surface area contributed by atoms with E-state index < -0.39 is 0 Å². The molecule has 0 spiro atoms. The summed E-state index contributed by atoms with van der Waals surface area (Å²) in [6.45, 7) is 5.28. The molecule has 16 heavy (non-hydrogen) atoms. The van der Waals surface area contributed by atoms with Crippen molar-refractivity contribution in [3.8, 4) is 6.07 Å². The highest BCUT2D eigenvalue weighted by atomic mass is 127. The molecule has 0 N–H and O–H groups in total. The Kier molecular flexibility index (Phi) is 4.16. The third-order valence-electron chi connectivity index (χ3n) is 2.85. The third kappa shape index (κ3) is 2.94. The van der Waals surface area contributed by atoms with Gasteiger partial charge in [0.15, 0.2) is 0 Å². The van der Waals surface area contributed by atoms with Gasteiger partial charge in [0.1, 0.15) is 0 Å². The highest BCUT2D eigenvalue weighted by Gasteiger charge is 2.15. The summed E-state index contributed by atoms with van der Waals surface area (Å²) in [5.74, 6) is 0. The zero-order chi connectivity index (χ0) is 11.4. The van der Waals surface area contributed by atoms with Crippen molar-refractivity contribution < 1.29 is 0 Å². The summed E-state index contributed by atoms with van der Waals surface area (Å²) in [5.41, 5.74) is 1.95. The number of benzene rings is 1. The molecule has 0 atom stereocenters. The van der Waals surface area contributed by atoms with Gasteiger partial charge >= 0.3 is 0 Å². The summed E-state index contributed by atoms with van der Waals surface area (Å²) >= 11 is 2.37. The van der Waals surface area contributed by atoms with Crippen LogP contribution in [0, 0.1) is 11.3 Å². The topological polar surface area (TPSA) is 30.3 Å². The standard InChI is InChI=1S/C12H14IN3/c13-16-7-5-15(6-8-16)10-12-4-2-1-3-11(12)9-14/h1-4H,5-8,10H2. The van der Waals surface area contributed by atoms with Crippen LogP contribution in [0.4, 0.5) is 0 Å². The fourth-order valence-electron chi connectivity index (χ4n) is 1.89. The van der Waals surface area contributed by atoms with Gasteiger partial charge < -0.3 is 0 Å². The van der Waals surface area contributed by atoms with Crippen LogP contribution in [0.2, 0.25) is 0 Å². The predicted octanol–water partition coefficient (Wildman–Crippen LogP) is 2.03. The molecule has 1 fully saturated rings. The fraction of sp³-hybridized carbons (Fsp3) is 0.417. The Morgan fingerprint density at radius 1 is 1.19 bits per heavy atom. The van der Waals surface area contributed by atoms with Crippen molar-refractivity contribution in [2.75, 3.05) is 26.2 Å². The Morgan fingerprint density at radius 3 is 2.56 bits per heavy atom. The molecule has 0 bridgehead atoms. The maximum atomic E-state index is 9.01. The molecule has 0 aromatic heterocycles. The number of hydrogen-bond acceptors (Lipinski definition) is 3. The molecule has 0 amide bonds. The second kappa shape index (κ2) is 5.62. The molecule has 1 aromatic carbocycles. The van der Waals surface area contributed by atoms with Crippen molar-refractivity contribution in [1.29, 1.82) is 5.26 Å². The lowest BCUT2D eigenvalue weighted by molar-refractivity contribution is 0.198. The predicted molar refractivity (Wildman–Crippen MR) is 72.0 cm³/mol. The molecule has 1 aromatic rings. The first-order valence-corrected chi connectivity index (χ1v) is 6.37. The largest absolute Gasteiger partial charge is 0.296 e. The van der Waals surface area contributed by atoms with Gasteiger partial charge in [0.25, 0.3) is 0 Å². The van der Waals surface area contributed by atoms with Crippen LogP contribution >= 0.6 is 22.9 Å². The van der Waals surface area contributed by atoms with Crippen LogP contribution in [0.3, 0.4) is 0 Å². The lowest BCUT2D eigenvalue weighted by Crippen LogP contribution is -2.41. The van der Waals surface area contributed by atoms with Gasteiger partial charge in [-0.05, 0) is 11.6 Å². The summed E-state index contributed by atoms with van der Waals surface area (Å²) in [7, 11) is 0. The highest BCUT2D eigenvalue weighted by molar-refractivity contribution is 14.1. The average molecular weight is 327 g/mol. The summed E-state index contributed by atoms with van der Waals surface area (Å²) in [4.78, 5) is 2.41. The van der Waals surface area contributed by atoms with Gasteiger partial charge in [0.05, 0.1) is 11.6 Å². The van der Waals surface area contributed by atoms with Gasteiger partial charge in [-0.15, -0.1) is 0 Å². The molecule has 1 heterocycles. The number of nitriles is 1. The van der Waals surface area contributed by atoms with Crippen molar-refractivity contribution in [2.45, 2.75) is 6.54 Å². The van der Waals surface area contributed by atoms with E-state index >= 15 is 0 Å². The van der Waals surface area contributed by atoms with E-state index in [1.54, 1.807) is 0 Å². The molecule has 3 nitrogen and oxygen atoms in total. The fourth-order valence-corrected chi connectivity index (χ4v) is 2.32. The van der Waals surface area contributed by atoms with Gasteiger partial charge in [-0.25, -0.2) is 3.11 Å². The number of hydrogen-bond donors (Lipinski definition) is 0. The number of rotatable bonds is 2. The van der Waals surface area contributed by atoms with E-state index in [-0.39, 0.29) is 0 Å². The van der Waals surface area contributed by atoms with E-state index in [1.165, 1.54) is 0 Å². The molecule has 4 heteroatoms. The van der Waals surface area contributed by atoms with Crippen LogP contribution in [-0.2, 0) is 6.54 Å². The molecule has 1 aliphatic heterocycles. The Labute approximate surface area is 110 Å². The van der Waals surface area contributed by atoms with Crippen molar-refractivity contribution in [3.63, 3.8) is 0 Å². The van der Waals surface area contributed by atoms with E-state index in [1.807, 2.05) is 18.2 Å². The minimum absolute atomic E-state index is 0.805. The second-order valence-corrected chi connectivity index (χ2v) is 5.32. The van der Waals surface area contributed by atoms with E-state index in [0.717, 1.165) is 43.9 Å². The normalized spacial score (nSPS) is 18.2. The monoisotopic (exact) mass is 327 g/mol. The smallest absolute Gasteiger partial charge is 0.0995 e. The highest BCUT2D eigenvalue weighted by Crippen LogP contribution is 2.13. The number of nitrogens with zero attached hydrogens (tertiary/aromatic N) is 3. The van der Waals surface area contributed by atoms with E-state index in [4.69, 9.17) is 5.26 Å². The van der Waals surface area contributed by atoms with Crippen molar-refractivity contribution in [1.82, 2.24) is 8.01 Å². The van der Waals surface area contributed by atoms with Gasteiger partial charge in [-0.1, -0.05) is 18.2 Å². The van der Waals surface area contributed by atoms with Crippen LogP contribution in [0.1, 0.15) is 11.1 Å². The van der Waals surface area contributed by atoms with E-state index in [0.29, 0.717) is 0 Å². The maximum absolute atomic E-state index is 9.01. The summed E-state index contributed by atoms with van der Waals surface area (Å²) in [6.07, 6.45) is 0. The Hall–Kier alpha value is -0.640. The lowest BCUT2D eigenvalue weighted by atomic mass is 10.1. The molecule has 1 saturated heterocycles. The molecular weight excluding hydrogens is 313 g/mol. The molecule has 0 saturated carbocycles. The zero-order valence-electron chi connectivity index (χ0n) is 9.06. The Morgan fingerprint density at radius 2 is 1.88 bits per heavy atom. The molecule has 2 rings (SSSR count). The molecular formula is C12H14IN3. The van der Waals surface area contributed by atoms with Crippen molar-refractivity contribution >= 4 is 22.9 Å². The van der Waals surface area contributed by atoms with Crippen LogP contribution in [0.5, 0.6) is 0 Å². The summed E-state index contributed by atoms with van der Waals surface area (Å²) < 4.78 is 2.31. The molecule has 0 unspecified atom stereocenters. The van der Waals surface area contributed by atoms with Crippen LogP contribution in [-0.4, -0.2) is 34.2 Å². The Bertz CT molecular complexity index is 391. The van der Waals surface area contributed by atoms with E-state index in [9.17, 15) is 0 Å². The summed E-state index contributed by atoms with van der Waals surface area (Å²) in [6, 6.07) is 10.1. The van der Waals surface area contributed by atoms with Gasteiger partial charge in [-0.2, -0.15) is 5.26 Å². The third-order valence-corrected chi connectivity index (χ3v) is 3.81. The molecule has 0 aliphatic carbocycles. The van der Waals surface area contributed by atoms with Gasteiger partial charge in [0, 0.05) is 55.6 Å². The first-order chi connectivity index (χ1) is 7.79. The SMILES string of the molecule is N#Cc1ccccc1CN1CCN(I)CC1. The minimum atomic E-state index is 0.805. The molecule has 0 radical (unpaired) electrons. The molecule has 84 valence electrons. The maximum Gasteiger partial charge on any atom is 0.0995 e. The van der Waals surface area contributed by atoms with Gasteiger partial charge in [0.2, 0.25) is 0 Å². The molecule has 1 aliphatic rings. The first-order valence-electron chi connectivity index (χ1n) is 5.40. The zero-order valence-corrected chi connectivity index (χ0v) is 11.2. The average Bonchev–Trinajstić information content (AvgIpc) is 2.33. The lowest BCUT2D eigenvalue weighted by Gasteiger charge is -2.31. The van der Waals surface area contributed by atoms with E-state index in [2.05, 4.69) is 43.0 Å². The summed E-state index contributed by atoms with van der Waals surface area (Å²) in [5, 5.41) is 9.01. The Balaban J connectivity index is 2.01. The van der Waals surface area contributed by atoms with Crippen molar-refractivity contribution in [3.05, 3.63) is 35.4 Å². The van der Waals surface area contributed by atoms with Crippen LogP contribution in [0.15, 0.2) is 24.3 Å². The number of halogens is 1. The first kappa shape index (κ1) is 11.8. The van der Waals surface area contributed by atoms with Crippen LogP contribution in [0.25, 0.3) is 0 Å². The number of piperazine rings is 1. The van der Waals surface area contributed by atoms with Crippen LogP contribution < -0.4 is 0 Å².